The van der Waals surface area contributed by atoms with Gasteiger partial charge < -0.3 is 19.8 Å². The molecule has 1 aromatic heterocycles. The van der Waals surface area contributed by atoms with E-state index in [0.717, 1.165) is 11.3 Å². The highest BCUT2D eigenvalue weighted by atomic mass is 16.6. The molecule has 0 radical (unpaired) electrons. The Kier molecular flexibility index (Phi) is 5.59. The Bertz CT molecular complexity index is 932. The van der Waals surface area contributed by atoms with Gasteiger partial charge in [0.05, 0.1) is 0 Å². The van der Waals surface area contributed by atoms with E-state index in [4.69, 9.17) is 9.47 Å². The molecular formula is C20H22N2O5. The molecule has 0 saturated carbocycles. The van der Waals surface area contributed by atoms with Crippen molar-refractivity contribution in [3.05, 3.63) is 57.0 Å². The smallest absolute Gasteiger partial charge is 0.253 e. The van der Waals surface area contributed by atoms with Crippen LogP contribution < -0.4 is 20.3 Å². The summed E-state index contributed by atoms with van der Waals surface area (Å²) in [6.45, 7) is 4.71. The zero-order chi connectivity index (χ0) is 19.4. The predicted molar refractivity (Wildman–Crippen MR) is 99.4 cm³/mol. The lowest BCUT2D eigenvalue weighted by Gasteiger charge is -2.18. The number of hydrogen-bond donors (Lipinski definition) is 2. The van der Waals surface area contributed by atoms with Gasteiger partial charge in [-0.2, -0.15) is 0 Å². The summed E-state index contributed by atoms with van der Waals surface area (Å²) in [5.74, 6) is 0.742. The molecule has 0 fully saturated rings. The average molecular weight is 370 g/mol. The van der Waals surface area contributed by atoms with Crippen LogP contribution in [0.15, 0.2) is 29.1 Å². The van der Waals surface area contributed by atoms with Gasteiger partial charge in [0.15, 0.2) is 17.3 Å². The van der Waals surface area contributed by atoms with Crippen LogP contribution in [-0.2, 0) is 11.3 Å². The van der Waals surface area contributed by atoms with E-state index in [-0.39, 0.29) is 36.6 Å². The zero-order valence-corrected chi connectivity index (χ0v) is 15.4. The van der Waals surface area contributed by atoms with Crippen LogP contribution in [0.2, 0.25) is 0 Å². The first kappa shape index (κ1) is 18.7. The third-order valence-corrected chi connectivity index (χ3v) is 4.40. The van der Waals surface area contributed by atoms with Crippen molar-refractivity contribution < 1.29 is 19.1 Å². The highest BCUT2D eigenvalue weighted by Crippen LogP contribution is 2.31. The van der Waals surface area contributed by atoms with Crippen molar-refractivity contribution in [1.29, 1.82) is 0 Å². The Labute approximate surface area is 156 Å². The summed E-state index contributed by atoms with van der Waals surface area (Å²) in [6.07, 6.45) is 0.130. The number of benzene rings is 1. The van der Waals surface area contributed by atoms with Gasteiger partial charge in [-0.1, -0.05) is 0 Å². The quantitative estimate of drug-likeness (QED) is 0.759. The number of rotatable bonds is 6. The molecule has 1 amide bonds. The van der Waals surface area contributed by atoms with Crippen LogP contribution in [0.4, 0.5) is 0 Å². The number of pyridine rings is 1. The van der Waals surface area contributed by atoms with E-state index in [1.807, 2.05) is 13.0 Å². The van der Waals surface area contributed by atoms with E-state index in [9.17, 15) is 14.4 Å². The number of ketones is 1. The second-order valence-corrected chi connectivity index (χ2v) is 6.50. The van der Waals surface area contributed by atoms with Gasteiger partial charge in [0.2, 0.25) is 5.91 Å². The Morgan fingerprint density at radius 3 is 2.56 bits per heavy atom. The first-order chi connectivity index (χ1) is 12.9. The lowest BCUT2D eigenvalue weighted by atomic mass is 10.1. The van der Waals surface area contributed by atoms with Gasteiger partial charge in [-0.3, -0.25) is 14.4 Å². The van der Waals surface area contributed by atoms with Gasteiger partial charge in [-0.05, 0) is 43.7 Å². The zero-order valence-electron chi connectivity index (χ0n) is 15.4. The summed E-state index contributed by atoms with van der Waals surface area (Å²) in [7, 11) is 0. The minimum atomic E-state index is -0.278. The van der Waals surface area contributed by atoms with Crippen molar-refractivity contribution in [2.24, 2.45) is 0 Å². The second-order valence-electron chi connectivity index (χ2n) is 6.50. The maximum absolute atomic E-state index is 12.3. The summed E-state index contributed by atoms with van der Waals surface area (Å²) in [4.78, 5) is 39.1. The van der Waals surface area contributed by atoms with Crippen molar-refractivity contribution in [3.63, 3.8) is 0 Å². The first-order valence-electron chi connectivity index (χ1n) is 8.83. The molecule has 0 unspecified atom stereocenters. The van der Waals surface area contributed by atoms with E-state index in [2.05, 4.69) is 10.3 Å². The summed E-state index contributed by atoms with van der Waals surface area (Å²) in [6, 6.07) is 6.87. The van der Waals surface area contributed by atoms with E-state index in [1.165, 1.54) is 0 Å². The summed E-state index contributed by atoms with van der Waals surface area (Å²) in [5, 5.41) is 2.70. The van der Waals surface area contributed by atoms with E-state index in [1.54, 1.807) is 25.1 Å². The van der Waals surface area contributed by atoms with Crippen LogP contribution >= 0.6 is 0 Å². The number of aryl methyl sites for hydroxylation is 2. The molecular weight excluding hydrogens is 348 g/mol. The van der Waals surface area contributed by atoms with Gasteiger partial charge in [0, 0.05) is 36.2 Å². The molecule has 1 aromatic carbocycles. The summed E-state index contributed by atoms with van der Waals surface area (Å²) in [5.41, 5.74) is 2.40. The minimum absolute atomic E-state index is 0.0517. The van der Waals surface area contributed by atoms with Crippen molar-refractivity contribution in [1.82, 2.24) is 10.3 Å². The van der Waals surface area contributed by atoms with Gasteiger partial charge in [-0.25, -0.2) is 0 Å². The number of aromatic amines is 1. The van der Waals surface area contributed by atoms with Crippen molar-refractivity contribution >= 4 is 11.7 Å². The summed E-state index contributed by atoms with van der Waals surface area (Å²) >= 11 is 0. The SMILES string of the molecule is Cc1cc(C)c(CNC(=O)CCC(=O)c2ccc3c(c2)OCCO3)c(=O)[nH]1. The highest BCUT2D eigenvalue weighted by Gasteiger charge is 2.16. The van der Waals surface area contributed by atoms with Gasteiger partial charge in [-0.15, -0.1) is 0 Å². The fourth-order valence-corrected chi connectivity index (χ4v) is 2.96. The van der Waals surface area contributed by atoms with Gasteiger partial charge in [0.1, 0.15) is 13.2 Å². The molecule has 27 heavy (non-hydrogen) atoms. The van der Waals surface area contributed by atoms with Crippen LogP contribution in [0.1, 0.15) is 40.0 Å². The lowest BCUT2D eigenvalue weighted by Crippen LogP contribution is -2.28. The van der Waals surface area contributed by atoms with E-state index in [0.29, 0.717) is 35.8 Å². The van der Waals surface area contributed by atoms with Crippen LogP contribution in [0.3, 0.4) is 0 Å². The fraction of sp³-hybridized carbons (Fsp3) is 0.350. The molecule has 0 spiro atoms. The Morgan fingerprint density at radius 2 is 1.81 bits per heavy atom. The highest BCUT2D eigenvalue weighted by molar-refractivity contribution is 5.98. The number of H-pyrrole nitrogens is 1. The molecule has 1 aliphatic heterocycles. The molecule has 2 N–H and O–H groups in total. The number of hydrogen-bond acceptors (Lipinski definition) is 5. The normalized spacial score (nSPS) is 12.5. The first-order valence-corrected chi connectivity index (χ1v) is 8.83. The molecule has 7 heteroatoms. The average Bonchev–Trinajstić information content (AvgIpc) is 2.64. The van der Waals surface area contributed by atoms with E-state index < -0.39 is 0 Å². The second kappa shape index (κ2) is 8.07. The number of carbonyl (C=O) groups excluding carboxylic acids is 2. The lowest BCUT2D eigenvalue weighted by molar-refractivity contribution is -0.121. The molecule has 0 aliphatic carbocycles. The number of carbonyl (C=O) groups is 2. The minimum Gasteiger partial charge on any atom is -0.486 e. The van der Waals surface area contributed by atoms with Crippen LogP contribution in [0.25, 0.3) is 0 Å². The number of amides is 1. The molecule has 0 bridgehead atoms. The Balaban J connectivity index is 1.53. The number of Topliss-reactive ketones (excluding diaryl/α,β-unsaturated/α-hetero) is 1. The third-order valence-electron chi connectivity index (χ3n) is 4.40. The standard InChI is InChI=1S/C20H22N2O5/c1-12-9-13(2)22-20(25)15(12)11-21-19(24)6-4-16(23)14-3-5-17-18(10-14)27-8-7-26-17/h3,5,9-10H,4,6-8,11H2,1-2H3,(H,21,24)(H,22,25). The van der Waals surface area contributed by atoms with Gasteiger partial charge >= 0.3 is 0 Å². The van der Waals surface area contributed by atoms with Gasteiger partial charge in [0.25, 0.3) is 5.56 Å². The van der Waals surface area contributed by atoms with Crippen LogP contribution in [0.5, 0.6) is 11.5 Å². The maximum atomic E-state index is 12.3. The molecule has 2 aromatic rings. The number of fused-ring (bicyclic) bond motifs is 1. The molecule has 3 rings (SSSR count). The fourth-order valence-electron chi connectivity index (χ4n) is 2.96. The molecule has 1 aliphatic rings. The Morgan fingerprint density at radius 1 is 1.07 bits per heavy atom. The van der Waals surface area contributed by atoms with Crippen molar-refractivity contribution in [2.75, 3.05) is 13.2 Å². The monoisotopic (exact) mass is 370 g/mol. The number of nitrogens with one attached hydrogen (secondary N) is 2. The molecule has 7 nitrogen and oxygen atoms in total. The number of aromatic nitrogens is 1. The Hall–Kier alpha value is -3.09. The molecule has 142 valence electrons. The molecule has 2 heterocycles. The summed E-state index contributed by atoms with van der Waals surface area (Å²) < 4.78 is 10.9. The van der Waals surface area contributed by atoms with Crippen molar-refractivity contribution in [3.8, 4) is 11.5 Å². The topological polar surface area (TPSA) is 97.5 Å². The van der Waals surface area contributed by atoms with Crippen LogP contribution in [0, 0.1) is 13.8 Å². The molecule has 0 atom stereocenters. The van der Waals surface area contributed by atoms with E-state index >= 15 is 0 Å². The largest absolute Gasteiger partial charge is 0.486 e. The molecule has 0 saturated heterocycles. The third kappa shape index (κ3) is 4.55. The number of ether oxygens (including phenoxy) is 2. The maximum Gasteiger partial charge on any atom is 0.253 e. The van der Waals surface area contributed by atoms with Crippen molar-refractivity contribution in [2.45, 2.75) is 33.2 Å². The van der Waals surface area contributed by atoms with Crippen LogP contribution in [-0.4, -0.2) is 29.9 Å². The predicted octanol–water partition coefficient (Wildman–Crippen LogP) is 2.04.